The van der Waals surface area contributed by atoms with E-state index >= 15 is 0 Å². The van der Waals surface area contributed by atoms with Gasteiger partial charge in [-0.1, -0.05) is 32.9 Å². The van der Waals surface area contributed by atoms with E-state index in [0.717, 1.165) is 5.57 Å². The molecular weight excluding hydrogens is 412 g/mol. The van der Waals surface area contributed by atoms with Gasteiger partial charge in [0.2, 0.25) is 0 Å². The molecule has 2 saturated heterocycles. The van der Waals surface area contributed by atoms with Crippen molar-refractivity contribution in [3.63, 3.8) is 0 Å². The van der Waals surface area contributed by atoms with Crippen LogP contribution >= 0.6 is 0 Å². The van der Waals surface area contributed by atoms with Gasteiger partial charge >= 0.3 is 12.1 Å². The molecule has 0 saturated carbocycles. The fraction of sp³-hybridized carbons (Fsp3) is 0.792. The SMILES string of the molecule is C=C1[C@H](C)C[C@@H](OC)CCC(=O)[C@@H](C)C(=O)O[C@H](CC)[C@@]2(C)OC(=O)N(CCN)[C@@H]2[C@H]1C. The van der Waals surface area contributed by atoms with Crippen LogP contribution < -0.4 is 5.73 Å². The number of ketones is 1. The summed E-state index contributed by atoms with van der Waals surface area (Å²) in [4.78, 5) is 40.0. The van der Waals surface area contributed by atoms with Gasteiger partial charge in [0.05, 0.1) is 12.1 Å². The van der Waals surface area contributed by atoms with E-state index in [0.29, 0.717) is 25.8 Å². The molecule has 2 rings (SSSR count). The van der Waals surface area contributed by atoms with Crippen LogP contribution in [0.4, 0.5) is 4.79 Å². The molecule has 7 atom stereocenters. The number of methoxy groups -OCH3 is 1. The van der Waals surface area contributed by atoms with Crippen molar-refractivity contribution in [3.8, 4) is 0 Å². The topological polar surface area (TPSA) is 108 Å². The van der Waals surface area contributed by atoms with Crippen molar-refractivity contribution in [2.24, 2.45) is 23.5 Å². The lowest BCUT2D eigenvalue weighted by Crippen LogP contribution is -2.56. The summed E-state index contributed by atoms with van der Waals surface area (Å²) in [5, 5.41) is 0. The molecule has 1 amide bonds. The molecule has 182 valence electrons. The molecule has 0 aromatic rings. The lowest BCUT2D eigenvalue weighted by atomic mass is 9.75. The normalized spacial score (nSPS) is 37.5. The molecule has 8 nitrogen and oxygen atoms in total. The molecule has 2 aliphatic rings. The van der Waals surface area contributed by atoms with Crippen LogP contribution in [0.3, 0.4) is 0 Å². The zero-order valence-corrected chi connectivity index (χ0v) is 20.4. The maximum Gasteiger partial charge on any atom is 0.410 e. The fourth-order valence-electron chi connectivity index (χ4n) is 5.15. The lowest BCUT2D eigenvalue weighted by molar-refractivity contribution is -0.170. The first-order chi connectivity index (χ1) is 15.0. The monoisotopic (exact) mass is 452 g/mol. The van der Waals surface area contributed by atoms with Crippen LogP contribution in [0.2, 0.25) is 0 Å². The molecule has 0 radical (unpaired) electrons. The highest BCUT2D eigenvalue weighted by Gasteiger charge is 2.58. The van der Waals surface area contributed by atoms with Crippen LogP contribution in [0.1, 0.15) is 60.3 Å². The Hall–Kier alpha value is -1.93. The van der Waals surface area contributed by atoms with E-state index < -0.39 is 35.7 Å². The average Bonchev–Trinajstić information content (AvgIpc) is 3.02. The van der Waals surface area contributed by atoms with Gasteiger partial charge < -0.3 is 19.9 Å². The van der Waals surface area contributed by atoms with Crippen LogP contribution in [0.5, 0.6) is 0 Å². The minimum absolute atomic E-state index is 0.0905. The Bertz CT molecular complexity index is 725. The molecule has 2 aliphatic heterocycles. The molecule has 32 heavy (non-hydrogen) atoms. The van der Waals surface area contributed by atoms with Gasteiger partial charge in [-0.2, -0.15) is 0 Å². The standard InChI is InChI=1S/C24H40N2O6/c1-8-20-24(6)21(26(12-11-25)23(29)32-24)16(4)15(3)14(2)13-18(30-7)9-10-19(27)17(5)22(28)31-20/h14,16-18,20-21H,3,8-13,25H2,1-2,4-7H3/t14-,16+,17-,18+,20-,21-,24-/m1/s1. The minimum atomic E-state index is -1.10. The van der Waals surface area contributed by atoms with Crippen molar-refractivity contribution in [1.82, 2.24) is 4.90 Å². The number of fused-ring (bicyclic) bond motifs is 1. The first kappa shape index (κ1) is 26.3. The highest BCUT2D eigenvalue weighted by molar-refractivity contribution is 5.98. The maximum atomic E-state index is 12.9. The summed E-state index contributed by atoms with van der Waals surface area (Å²) in [6.45, 7) is 14.3. The number of carbonyl (C=O) groups excluding carboxylic acids is 3. The Morgan fingerprint density at radius 2 is 1.91 bits per heavy atom. The second-order valence-corrected chi connectivity index (χ2v) is 9.40. The van der Waals surface area contributed by atoms with Crippen LogP contribution in [0.15, 0.2) is 12.2 Å². The zero-order valence-electron chi connectivity index (χ0n) is 20.4. The molecule has 0 aromatic heterocycles. The molecule has 2 heterocycles. The van der Waals surface area contributed by atoms with Crippen molar-refractivity contribution in [2.45, 2.75) is 84.2 Å². The van der Waals surface area contributed by atoms with Crippen LogP contribution in [-0.4, -0.2) is 66.8 Å². The number of nitrogens with zero attached hydrogens (tertiary/aromatic N) is 1. The van der Waals surface area contributed by atoms with Gasteiger partial charge in [0.1, 0.15) is 17.8 Å². The molecule has 8 heteroatoms. The van der Waals surface area contributed by atoms with E-state index in [1.807, 2.05) is 13.8 Å². The Labute approximate surface area is 191 Å². The summed E-state index contributed by atoms with van der Waals surface area (Å²) >= 11 is 0. The fourth-order valence-corrected chi connectivity index (χ4v) is 5.15. The number of ether oxygens (including phenoxy) is 3. The summed E-state index contributed by atoms with van der Waals surface area (Å²) < 4.78 is 17.3. The highest BCUT2D eigenvalue weighted by atomic mass is 16.6. The van der Waals surface area contributed by atoms with Gasteiger partial charge in [0.15, 0.2) is 5.60 Å². The third kappa shape index (κ3) is 5.17. The van der Waals surface area contributed by atoms with Crippen LogP contribution in [-0.2, 0) is 23.8 Å². The molecule has 2 fully saturated rings. The van der Waals surface area contributed by atoms with Gasteiger partial charge in [-0.05, 0) is 39.0 Å². The number of amides is 1. The Morgan fingerprint density at radius 1 is 1.25 bits per heavy atom. The van der Waals surface area contributed by atoms with Crippen molar-refractivity contribution in [3.05, 3.63) is 12.2 Å². The third-order valence-corrected chi connectivity index (χ3v) is 7.29. The number of hydrogen-bond donors (Lipinski definition) is 1. The molecule has 0 spiro atoms. The zero-order chi connectivity index (χ0) is 24.2. The molecule has 2 N–H and O–H groups in total. The smallest absolute Gasteiger partial charge is 0.410 e. The summed E-state index contributed by atoms with van der Waals surface area (Å²) in [7, 11) is 1.63. The first-order valence-corrected chi connectivity index (χ1v) is 11.7. The second kappa shape index (κ2) is 10.8. The van der Waals surface area contributed by atoms with Crippen molar-refractivity contribution in [1.29, 1.82) is 0 Å². The number of rotatable bonds is 4. The molecule has 0 bridgehead atoms. The van der Waals surface area contributed by atoms with Gasteiger partial charge in [0.25, 0.3) is 0 Å². The van der Waals surface area contributed by atoms with E-state index in [1.54, 1.807) is 25.9 Å². The average molecular weight is 453 g/mol. The summed E-state index contributed by atoms with van der Waals surface area (Å²) in [5.41, 5.74) is 5.65. The van der Waals surface area contributed by atoms with E-state index in [4.69, 9.17) is 19.9 Å². The molecular formula is C24H40N2O6. The Balaban J connectivity index is 2.53. The van der Waals surface area contributed by atoms with Crippen molar-refractivity contribution in [2.75, 3.05) is 20.2 Å². The molecule has 0 aliphatic carbocycles. The van der Waals surface area contributed by atoms with E-state index in [2.05, 4.69) is 13.5 Å². The van der Waals surface area contributed by atoms with E-state index in [1.165, 1.54) is 0 Å². The third-order valence-electron chi connectivity index (χ3n) is 7.29. The summed E-state index contributed by atoms with van der Waals surface area (Å²) in [6, 6.07) is -0.416. The number of nitrogens with two attached hydrogens (primary N) is 1. The lowest BCUT2D eigenvalue weighted by Gasteiger charge is -2.42. The molecule has 0 unspecified atom stereocenters. The number of esters is 1. The van der Waals surface area contributed by atoms with Crippen molar-refractivity contribution >= 4 is 17.8 Å². The van der Waals surface area contributed by atoms with Gasteiger partial charge in [-0.3, -0.25) is 14.5 Å². The maximum absolute atomic E-state index is 12.9. The number of carbonyl (C=O) groups is 3. The molecule has 0 aromatic carbocycles. The Morgan fingerprint density at radius 3 is 2.47 bits per heavy atom. The Kier molecular flexibility index (Phi) is 8.88. The van der Waals surface area contributed by atoms with Crippen LogP contribution in [0, 0.1) is 17.8 Å². The second-order valence-electron chi connectivity index (χ2n) is 9.40. The largest absolute Gasteiger partial charge is 0.458 e. The number of Topliss-reactive ketones (excluding diaryl/α,β-unsaturated/α-hetero) is 1. The number of hydrogen-bond acceptors (Lipinski definition) is 7. The van der Waals surface area contributed by atoms with E-state index in [-0.39, 0.29) is 36.7 Å². The summed E-state index contributed by atoms with van der Waals surface area (Å²) in [5.74, 6) is -1.72. The summed E-state index contributed by atoms with van der Waals surface area (Å²) in [6.07, 6.45) is 0.565. The quantitative estimate of drug-likeness (QED) is 0.397. The van der Waals surface area contributed by atoms with Gasteiger partial charge in [-0.25, -0.2) is 4.79 Å². The van der Waals surface area contributed by atoms with Crippen molar-refractivity contribution < 1.29 is 28.6 Å². The van der Waals surface area contributed by atoms with E-state index in [9.17, 15) is 14.4 Å². The highest BCUT2D eigenvalue weighted by Crippen LogP contribution is 2.43. The number of cyclic esters (lactones) is 1. The first-order valence-electron chi connectivity index (χ1n) is 11.7. The van der Waals surface area contributed by atoms with Gasteiger partial charge in [0, 0.05) is 32.5 Å². The van der Waals surface area contributed by atoms with Crippen LogP contribution in [0.25, 0.3) is 0 Å². The predicted octanol–water partition coefficient (Wildman–Crippen LogP) is 3.08. The minimum Gasteiger partial charge on any atom is -0.458 e. The van der Waals surface area contributed by atoms with Gasteiger partial charge in [-0.15, -0.1) is 0 Å². The predicted molar refractivity (Wildman–Crippen MR) is 121 cm³/mol.